The van der Waals surface area contributed by atoms with Crippen LogP contribution in [-0.4, -0.2) is 15.9 Å². The summed E-state index contributed by atoms with van der Waals surface area (Å²) in [5.41, 5.74) is 1.55. The summed E-state index contributed by atoms with van der Waals surface area (Å²) >= 11 is 1.37. The second-order valence-corrected chi connectivity index (χ2v) is 5.27. The van der Waals surface area contributed by atoms with Crippen molar-refractivity contribution < 1.29 is 4.79 Å². The molecule has 0 bridgehead atoms. The summed E-state index contributed by atoms with van der Waals surface area (Å²) in [6, 6.07) is 13.1. The first-order chi connectivity index (χ1) is 10.3. The largest absolute Gasteiger partial charge is 0.362 e. The summed E-state index contributed by atoms with van der Waals surface area (Å²) < 4.78 is 0.986. The Morgan fingerprint density at radius 2 is 2.19 bits per heavy atom. The number of nitrogens with zero attached hydrogens (tertiary/aromatic N) is 2. The first-order valence-corrected chi connectivity index (χ1v) is 7.00. The fraction of sp³-hybridized carbons (Fsp3) is 0. The number of benzene rings is 1. The number of hydrogen-bond acceptors (Lipinski definition) is 4. The molecular formula is C15H10N4OS. The number of hydrogen-bond donors (Lipinski definition) is 2. The number of anilines is 1. The molecule has 0 aliphatic rings. The number of thiazole rings is 1. The molecule has 0 aliphatic carbocycles. The van der Waals surface area contributed by atoms with E-state index in [0.29, 0.717) is 10.8 Å². The van der Waals surface area contributed by atoms with E-state index in [9.17, 15) is 4.79 Å². The van der Waals surface area contributed by atoms with Crippen LogP contribution in [0.15, 0.2) is 48.2 Å². The number of nitrogens with one attached hydrogen (secondary N) is 2. The molecule has 3 rings (SSSR count). The number of carbonyl (C=O) groups excluding carboxylic acids is 1. The van der Waals surface area contributed by atoms with Crippen molar-refractivity contribution in [3.8, 4) is 6.07 Å². The Kier molecular flexibility index (Phi) is 3.50. The summed E-state index contributed by atoms with van der Waals surface area (Å²) in [6.45, 7) is 0. The van der Waals surface area contributed by atoms with Crippen molar-refractivity contribution in [3.05, 3.63) is 53.9 Å². The molecule has 2 N–H and O–H groups in total. The number of H-pyrrole nitrogens is 1. The number of amides is 1. The third kappa shape index (κ3) is 2.83. The van der Waals surface area contributed by atoms with Crippen LogP contribution in [0.2, 0.25) is 0 Å². The van der Waals surface area contributed by atoms with Gasteiger partial charge in [-0.15, -0.1) is 0 Å². The van der Waals surface area contributed by atoms with Crippen LogP contribution in [0.4, 0.5) is 5.13 Å². The highest BCUT2D eigenvalue weighted by molar-refractivity contribution is 7.22. The molecule has 0 fully saturated rings. The first-order valence-electron chi connectivity index (χ1n) is 6.18. The summed E-state index contributed by atoms with van der Waals surface area (Å²) in [5, 5.41) is 12.2. The van der Waals surface area contributed by atoms with Crippen molar-refractivity contribution in [2.75, 3.05) is 5.32 Å². The standard InChI is InChI=1S/C15H10N4OS/c16-9-10(8-11-4-3-7-17-11)14(20)19-15-18-12-5-1-2-6-13(12)21-15/h1-8,17H,(H,18,19,20)/b10-8+. The van der Waals surface area contributed by atoms with Crippen molar-refractivity contribution in [1.82, 2.24) is 9.97 Å². The van der Waals surface area contributed by atoms with Crippen LogP contribution < -0.4 is 5.32 Å². The number of carbonyl (C=O) groups is 1. The Labute approximate surface area is 124 Å². The molecular weight excluding hydrogens is 284 g/mol. The molecule has 0 saturated carbocycles. The van der Waals surface area contributed by atoms with Gasteiger partial charge in [0.2, 0.25) is 0 Å². The van der Waals surface area contributed by atoms with E-state index in [2.05, 4.69) is 15.3 Å². The van der Waals surface area contributed by atoms with E-state index in [1.54, 1.807) is 18.3 Å². The fourth-order valence-electron chi connectivity index (χ4n) is 1.83. The summed E-state index contributed by atoms with van der Waals surface area (Å²) in [6.07, 6.45) is 3.23. The van der Waals surface area contributed by atoms with E-state index in [4.69, 9.17) is 5.26 Å². The molecule has 1 aromatic carbocycles. The molecule has 3 aromatic rings. The van der Waals surface area contributed by atoms with Crippen molar-refractivity contribution in [2.24, 2.45) is 0 Å². The molecule has 2 aromatic heterocycles. The van der Waals surface area contributed by atoms with Crippen LogP contribution >= 0.6 is 11.3 Å². The topological polar surface area (TPSA) is 81.6 Å². The summed E-state index contributed by atoms with van der Waals surface area (Å²) in [5.74, 6) is -0.467. The molecule has 0 aliphatic heterocycles. The number of aromatic nitrogens is 2. The number of nitriles is 1. The molecule has 0 unspecified atom stereocenters. The Balaban J connectivity index is 1.83. The van der Waals surface area contributed by atoms with Gasteiger partial charge in [-0.2, -0.15) is 5.26 Å². The van der Waals surface area contributed by atoms with E-state index in [-0.39, 0.29) is 5.57 Å². The predicted molar refractivity (Wildman–Crippen MR) is 82.6 cm³/mol. The Bertz CT molecular complexity index is 822. The fourth-order valence-corrected chi connectivity index (χ4v) is 2.69. The van der Waals surface area contributed by atoms with Crippen LogP contribution in [0, 0.1) is 11.3 Å². The number of rotatable bonds is 3. The van der Waals surface area contributed by atoms with E-state index < -0.39 is 5.91 Å². The normalized spacial score (nSPS) is 11.3. The smallest absolute Gasteiger partial charge is 0.268 e. The van der Waals surface area contributed by atoms with Crippen LogP contribution in [0.1, 0.15) is 5.69 Å². The van der Waals surface area contributed by atoms with E-state index >= 15 is 0 Å². The second kappa shape index (κ2) is 5.61. The minimum Gasteiger partial charge on any atom is -0.362 e. The molecule has 0 spiro atoms. The van der Waals surface area contributed by atoms with Gasteiger partial charge in [0, 0.05) is 11.9 Å². The second-order valence-electron chi connectivity index (χ2n) is 4.24. The quantitative estimate of drug-likeness (QED) is 0.575. The zero-order chi connectivity index (χ0) is 14.7. The number of para-hydroxylation sites is 1. The van der Waals surface area contributed by atoms with Gasteiger partial charge in [-0.25, -0.2) is 4.98 Å². The molecule has 2 heterocycles. The lowest BCUT2D eigenvalue weighted by Gasteiger charge is -1.98. The van der Waals surface area contributed by atoms with Gasteiger partial charge in [0.1, 0.15) is 11.6 Å². The van der Waals surface area contributed by atoms with Gasteiger partial charge in [0.05, 0.1) is 10.2 Å². The van der Waals surface area contributed by atoms with E-state index in [1.807, 2.05) is 30.3 Å². The van der Waals surface area contributed by atoms with Gasteiger partial charge < -0.3 is 4.98 Å². The Hall–Kier alpha value is -2.91. The van der Waals surface area contributed by atoms with Crippen molar-refractivity contribution >= 4 is 38.7 Å². The van der Waals surface area contributed by atoms with Gasteiger partial charge in [0.15, 0.2) is 5.13 Å². The van der Waals surface area contributed by atoms with E-state index in [0.717, 1.165) is 10.2 Å². The van der Waals surface area contributed by atoms with Gasteiger partial charge >= 0.3 is 0 Å². The zero-order valence-electron chi connectivity index (χ0n) is 10.8. The molecule has 102 valence electrons. The molecule has 6 heteroatoms. The Morgan fingerprint density at radius 3 is 2.90 bits per heavy atom. The van der Waals surface area contributed by atoms with E-state index in [1.165, 1.54) is 17.4 Å². The lowest BCUT2D eigenvalue weighted by molar-refractivity contribution is -0.112. The monoisotopic (exact) mass is 294 g/mol. The van der Waals surface area contributed by atoms with Crippen LogP contribution in [0.5, 0.6) is 0 Å². The maximum absolute atomic E-state index is 12.1. The maximum atomic E-state index is 12.1. The summed E-state index contributed by atoms with van der Waals surface area (Å²) in [7, 11) is 0. The highest BCUT2D eigenvalue weighted by Gasteiger charge is 2.12. The van der Waals surface area contributed by atoms with Gasteiger partial charge in [0.25, 0.3) is 5.91 Å². The predicted octanol–water partition coefficient (Wildman–Crippen LogP) is 3.17. The molecule has 21 heavy (non-hydrogen) atoms. The number of fused-ring (bicyclic) bond motifs is 1. The minimum atomic E-state index is -0.467. The highest BCUT2D eigenvalue weighted by Crippen LogP contribution is 2.25. The third-order valence-electron chi connectivity index (χ3n) is 2.80. The molecule has 0 radical (unpaired) electrons. The third-order valence-corrected chi connectivity index (χ3v) is 3.75. The average Bonchev–Trinajstić information content (AvgIpc) is 3.13. The van der Waals surface area contributed by atoms with Crippen LogP contribution in [0.3, 0.4) is 0 Å². The van der Waals surface area contributed by atoms with Crippen LogP contribution in [-0.2, 0) is 4.79 Å². The Morgan fingerprint density at radius 1 is 1.33 bits per heavy atom. The molecule has 1 amide bonds. The lowest BCUT2D eigenvalue weighted by atomic mass is 10.2. The van der Waals surface area contributed by atoms with Crippen molar-refractivity contribution in [2.45, 2.75) is 0 Å². The maximum Gasteiger partial charge on any atom is 0.268 e. The molecule has 0 saturated heterocycles. The van der Waals surface area contributed by atoms with Gasteiger partial charge in [-0.3, -0.25) is 10.1 Å². The SMILES string of the molecule is N#C/C(=C\c1ccc[nH]1)C(=O)Nc1nc2ccccc2s1. The van der Waals surface area contributed by atoms with Crippen LogP contribution in [0.25, 0.3) is 16.3 Å². The zero-order valence-corrected chi connectivity index (χ0v) is 11.6. The minimum absolute atomic E-state index is 0.0247. The lowest BCUT2D eigenvalue weighted by Crippen LogP contribution is -2.13. The van der Waals surface area contributed by atoms with Crippen molar-refractivity contribution in [1.29, 1.82) is 5.26 Å². The first kappa shape index (κ1) is 13.1. The summed E-state index contributed by atoms with van der Waals surface area (Å²) in [4.78, 5) is 19.3. The van der Waals surface area contributed by atoms with Gasteiger partial charge in [-0.05, 0) is 30.3 Å². The van der Waals surface area contributed by atoms with Gasteiger partial charge in [-0.1, -0.05) is 23.5 Å². The molecule has 5 nitrogen and oxygen atoms in total. The number of aromatic amines is 1. The molecule has 0 atom stereocenters. The van der Waals surface area contributed by atoms with Crippen molar-refractivity contribution in [3.63, 3.8) is 0 Å². The highest BCUT2D eigenvalue weighted by atomic mass is 32.1. The average molecular weight is 294 g/mol.